The number of ether oxygens (including phenoxy) is 2. The molecular formula is C17H24ClN3O4S. The van der Waals surface area contributed by atoms with E-state index in [1.165, 1.54) is 0 Å². The van der Waals surface area contributed by atoms with Crippen LogP contribution in [0.1, 0.15) is 18.9 Å². The van der Waals surface area contributed by atoms with Crippen LogP contribution in [0, 0.1) is 0 Å². The summed E-state index contributed by atoms with van der Waals surface area (Å²) in [5.74, 6) is 2.30. The van der Waals surface area contributed by atoms with E-state index >= 15 is 0 Å². The third kappa shape index (κ3) is 4.94. The molecule has 26 heavy (non-hydrogen) atoms. The summed E-state index contributed by atoms with van der Waals surface area (Å²) in [5.41, 5.74) is 1.02. The Bertz CT molecular complexity index is 782. The number of fused-ring (bicyclic) bond motifs is 1. The van der Waals surface area contributed by atoms with Gasteiger partial charge in [-0.3, -0.25) is 4.99 Å². The largest absolute Gasteiger partial charge is 0.486 e. The lowest BCUT2D eigenvalue weighted by Gasteiger charge is -2.20. The van der Waals surface area contributed by atoms with E-state index < -0.39 is 9.84 Å². The summed E-state index contributed by atoms with van der Waals surface area (Å²) in [6, 6.07) is 3.72. The fourth-order valence-electron chi connectivity index (χ4n) is 3.03. The van der Waals surface area contributed by atoms with Crippen LogP contribution in [0.4, 0.5) is 0 Å². The number of hydrogen-bond donors (Lipinski definition) is 2. The Labute approximate surface area is 159 Å². The highest BCUT2D eigenvalue weighted by atomic mass is 35.5. The number of nitrogens with one attached hydrogen (secondary N) is 2. The highest BCUT2D eigenvalue weighted by Crippen LogP contribution is 2.38. The van der Waals surface area contributed by atoms with Crippen LogP contribution in [0.2, 0.25) is 5.02 Å². The van der Waals surface area contributed by atoms with Crippen molar-refractivity contribution in [2.24, 2.45) is 4.99 Å². The Balaban J connectivity index is 1.61. The molecule has 2 N–H and O–H groups in total. The number of aliphatic imine (C=N–C) groups is 1. The summed E-state index contributed by atoms with van der Waals surface area (Å²) in [7, 11) is -2.92. The monoisotopic (exact) mass is 401 g/mol. The lowest BCUT2D eigenvalue weighted by atomic mass is 10.1. The van der Waals surface area contributed by atoms with Gasteiger partial charge in [0.25, 0.3) is 0 Å². The predicted molar refractivity (Wildman–Crippen MR) is 102 cm³/mol. The van der Waals surface area contributed by atoms with Crippen LogP contribution < -0.4 is 20.1 Å². The summed E-state index contributed by atoms with van der Waals surface area (Å²) in [6.07, 6.45) is 1.31. The highest BCUT2D eigenvalue weighted by Gasteiger charge is 2.28. The molecule has 1 aromatic rings. The molecule has 9 heteroatoms. The topological polar surface area (TPSA) is 89.0 Å². The molecule has 0 radical (unpaired) electrons. The number of sulfone groups is 1. The van der Waals surface area contributed by atoms with E-state index in [0.717, 1.165) is 5.56 Å². The first-order valence-corrected chi connectivity index (χ1v) is 11.0. The molecule has 2 aliphatic rings. The molecule has 1 unspecified atom stereocenters. The number of hydrogen-bond acceptors (Lipinski definition) is 5. The molecule has 0 spiro atoms. The highest BCUT2D eigenvalue weighted by molar-refractivity contribution is 7.91. The molecule has 1 atom stereocenters. The van der Waals surface area contributed by atoms with E-state index in [1.54, 1.807) is 0 Å². The lowest BCUT2D eigenvalue weighted by molar-refractivity contribution is 0.171. The van der Waals surface area contributed by atoms with Crippen LogP contribution in [0.3, 0.4) is 0 Å². The minimum absolute atomic E-state index is 0.0819. The summed E-state index contributed by atoms with van der Waals surface area (Å²) in [4.78, 5) is 4.55. The third-order valence-corrected chi connectivity index (χ3v) is 6.29. The number of benzene rings is 1. The van der Waals surface area contributed by atoms with E-state index in [4.69, 9.17) is 21.1 Å². The van der Waals surface area contributed by atoms with Crippen LogP contribution in [0.15, 0.2) is 17.1 Å². The zero-order chi connectivity index (χ0) is 18.6. The zero-order valence-corrected chi connectivity index (χ0v) is 16.3. The SMILES string of the molecule is CCNC(=NCCc1cc(Cl)c2c(c1)OCCO2)NC1CCS(=O)(=O)C1. The van der Waals surface area contributed by atoms with Gasteiger partial charge in [0.2, 0.25) is 0 Å². The normalized spacial score (nSPS) is 21.5. The fraction of sp³-hybridized carbons (Fsp3) is 0.588. The molecule has 0 aromatic heterocycles. The molecule has 1 saturated heterocycles. The maximum Gasteiger partial charge on any atom is 0.191 e. The van der Waals surface area contributed by atoms with Gasteiger partial charge in [0.15, 0.2) is 27.3 Å². The van der Waals surface area contributed by atoms with Crippen molar-refractivity contribution in [2.75, 3.05) is 37.8 Å². The Hall–Kier alpha value is -1.67. The van der Waals surface area contributed by atoms with E-state index in [2.05, 4.69) is 15.6 Å². The van der Waals surface area contributed by atoms with E-state index in [0.29, 0.717) is 61.6 Å². The van der Waals surface area contributed by atoms with Gasteiger partial charge in [0, 0.05) is 19.1 Å². The first-order chi connectivity index (χ1) is 12.5. The number of halogens is 1. The van der Waals surface area contributed by atoms with Gasteiger partial charge in [-0.05, 0) is 37.5 Å². The number of rotatable bonds is 5. The fourth-order valence-corrected chi connectivity index (χ4v) is 4.99. The van der Waals surface area contributed by atoms with Gasteiger partial charge in [-0.1, -0.05) is 11.6 Å². The van der Waals surface area contributed by atoms with Gasteiger partial charge in [0.05, 0.1) is 16.5 Å². The van der Waals surface area contributed by atoms with Crippen molar-refractivity contribution < 1.29 is 17.9 Å². The molecule has 0 amide bonds. The second kappa shape index (κ2) is 8.35. The first kappa shape index (κ1) is 19.1. The summed E-state index contributed by atoms with van der Waals surface area (Å²) >= 11 is 6.26. The van der Waals surface area contributed by atoms with Crippen molar-refractivity contribution in [2.45, 2.75) is 25.8 Å². The standard InChI is InChI=1S/C17H24ClN3O4S/c1-2-19-17(21-13-4-8-26(22,23)11-13)20-5-3-12-9-14(18)16-15(10-12)24-6-7-25-16/h9-10,13H,2-8,11H2,1H3,(H2,19,20,21). The van der Waals surface area contributed by atoms with Gasteiger partial charge < -0.3 is 20.1 Å². The van der Waals surface area contributed by atoms with Crippen LogP contribution >= 0.6 is 11.6 Å². The third-order valence-electron chi connectivity index (χ3n) is 4.24. The minimum Gasteiger partial charge on any atom is -0.486 e. The lowest BCUT2D eigenvalue weighted by Crippen LogP contribution is -2.44. The zero-order valence-electron chi connectivity index (χ0n) is 14.8. The average molecular weight is 402 g/mol. The molecule has 3 rings (SSSR count). The van der Waals surface area contributed by atoms with Crippen LogP contribution in [-0.2, 0) is 16.3 Å². The molecule has 0 aliphatic carbocycles. The Morgan fingerprint density at radius 2 is 2.15 bits per heavy atom. The van der Waals surface area contributed by atoms with Gasteiger partial charge in [0.1, 0.15) is 13.2 Å². The Kier molecular flexibility index (Phi) is 6.13. The predicted octanol–water partition coefficient (Wildman–Crippen LogP) is 1.40. The van der Waals surface area contributed by atoms with Crippen molar-refractivity contribution >= 4 is 27.4 Å². The van der Waals surface area contributed by atoms with Crippen molar-refractivity contribution in [1.82, 2.24) is 10.6 Å². The molecule has 2 heterocycles. The summed E-state index contributed by atoms with van der Waals surface area (Å²) in [6.45, 7) is 4.25. The summed E-state index contributed by atoms with van der Waals surface area (Å²) < 4.78 is 34.3. The molecule has 144 valence electrons. The van der Waals surface area contributed by atoms with Crippen molar-refractivity contribution in [3.05, 3.63) is 22.7 Å². The van der Waals surface area contributed by atoms with Crippen molar-refractivity contribution in [1.29, 1.82) is 0 Å². The second-order valence-electron chi connectivity index (χ2n) is 6.36. The average Bonchev–Trinajstić information content (AvgIpc) is 2.94. The smallest absolute Gasteiger partial charge is 0.191 e. The minimum atomic E-state index is -2.92. The molecule has 7 nitrogen and oxygen atoms in total. The molecular weight excluding hydrogens is 378 g/mol. The molecule has 1 aromatic carbocycles. The summed E-state index contributed by atoms with van der Waals surface area (Å²) in [5, 5.41) is 6.91. The number of nitrogens with zero attached hydrogens (tertiary/aromatic N) is 1. The molecule has 0 saturated carbocycles. The van der Waals surface area contributed by atoms with Gasteiger partial charge in [-0.2, -0.15) is 0 Å². The van der Waals surface area contributed by atoms with Gasteiger partial charge >= 0.3 is 0 Å². The van der Waals surface area contributed by atoms with Crippen molar-refractivity contribution in [3.63, 3.8) is 0 Å². The van der Waals surface area contributed by atoms with E-state index in [9.17, 15) is 8.42 Å². The maximum atomic E-state index is 11.6. The molecule has 2 aliphatic heterocycles. The Morgan fingerprint density at radius 1 is 1.35 bits per heavy atom. The van der Waals surface area contributed by atoms with Crippen molar-refractivity contribution in [3.8, 4) is 11.5 Å². The second-order valence-corrected chi connectivity index (χ2v) is 8.99. The van der Waals surface area contributed by atoms with E-state index in [1.807, 2.05) is 19.1 Å². The number of guanidine groups is 1. The molecule has 1 fully saturated rings. The van der Waals surface area contributed by atoms with Crippen LogP contribution in [0.5, 0.6) is 11.5 Å². The Morgan fingerprint density at radius 3 is 2.88 bits per heavy atom. The van der Waals surface area contributed by atoms with Gasteiger partial charge in [-0.25, -0.2) is 8.42 Å². The molecule has 0 bridgehead atoms. The van der Waals surface area contributed by atoms with E-state index in [-0.39, 0.29) is 17.5 Å². The van der Waals surface area contributed by atoms with Crippen LogP contribution in [0.25, 0.3) is 0 Å². The van der Waals surface area contributed by atoms with Gasteiger partial charge in [-0.15, -0.1) is 0 Å². The quantitative estimate of drug-likeness (QED) is 0.572. The van der Waals surface area contributed by atoms with Crippen LogP contribution in [-0.4, -0.2) is 58.2 Å². The maximum absolute atomic E-state index is 11.6. The first-order valence-electron chi connectivity index (χ1n) is 8.80.